The number of fused-ring (bicyclic) bond motifs is 1. The highest BCUT2D eigenvalue weighted by Gasteiger charge is 2.31. The SMILES string of the molecule is CC1CSCCN1C(=O)[C@@H]1Cc2ccccc2CN1. The number of nitrogens with zero attached hydrogens (tertiary/aromatic N) is 1. The molecular formula is C15H20N2OS. The van der Waals surface area contributed by atoms with Gasteiger partial charge >= 0.3 is 0 Å². The van der Waals surface area contributed by atoms with Gasteiger partial charge < -0.3 is 10.2 Å². The molecule has 2 aliphatic heterocycles. The van der Waals surface area contributed by atoms with Gasteiger partial charge in [-0.2, -0.15) is 11.8 Å². The number of hydrogen-bond acceptors (Lipinski definition) is 3. The molecule has 2 heterocycles. The van der Waals surface area contributed by atoms with Crippen LogP contribution in [0.15, 0.2) is 24.3 Å². The van der Waals surface area contributed by atoms with Gasteiger partial charge in [0.25, 0.3) is 0 Å². The van der Waals surface area contributed by atoms with E-state index in [1.807, 2.05) is 11.8 Å². The summed E-state index contributed by atoms with van der Waals surface area (Å²) in [7, 11) is 0. The third-order valence-electron chi connectivity index (χ3n) is 4.03. The van der Waals surface area contributed by atoms with E-state index < -0.39 is 0 Å². The van der Waals surface area contributed by atoms with Gasteiger partial charge in [0.15, 0.2) is 0 Å². The Labute approximate surface area is 118 Å². The Hall–Kier alpha value is -1.00. The molecule has 0 saturated carbocycles. The monoisotopic (exact) mass is 276 g/mol. The number of hydrogen-bond donors (Lipinski definition) is 1. The second kappa shape index (κ2) is 5.55. The lowest BCUT2D eigenvalue weighted by atomic mass is 9.95. The summed E-state index contributed by atoms with van der Waals surface area (Å²) in [5, 5.41) is 3.39. The lowest BCUT2D eigenvalue weighted by Gasteiger charge is -2.37. The Morgan fingerprint density at radius 3 is 2.95 bits per heavy atom. The van der Waals surface area contributed by atoms with Gasteiger partial charge in [-0.1, -0.05) is 24.3 Å². The molecule has 0 radical (unpaired) electrons. The van der Waals surface area contributed by atoms with Crippen molar-refractivity contribution in [1.29, 1.82) is 0 Å². The van der Waals surface area contributed by atoms with E-state index in [1.165, 1.54) is 11.1 Å². The Morgan fingerprint density at radius 1 is 1.37 bits per heavy atom. The smallest absolute Gasteiger partial charge is 0.240 e. The molecule has 1 amide bonds. The van der Waals surface area contributed by atoms with E-state index in [9.17, 15) is 4.79 Å². The number of nitrogens with one attached hydrogen (secondary N) is 1. The van der Waals surface area contributed by atoms with Gasteiger partial charge in [-0.3, -0.25) is 4.79 Å². The Balaban J connectivity index is 1.72. The quantitative estimate of drug-likeness (QED) is 0.847. The topological polar surface area (TPSA) is 32.3 Å². The van der Waals surface area contributed by atoms with Crippen LogP contribution in [-0.2, 0) is 17.8 Å². The number of carbonyl (C=O) groups excluding carboxylic acids is 1. The van der Waals surface area contributed by atoms with Crippen LogP contribution in [0.25, 0.3) is 0 Å². The maximum Gasteiger partial charge on any atom is 0.240 e. The van der Waals surface area contributed by atoms with Crippen molar-refractivity contribution in [3.05, 3.63) is 35.4 Å². The molecule has 19 heavy (non-hydrogen) atoms. The minimum absolute atomic E-state index is 0.0413. The number of thioether (sulfide) groups is 1. The van der Waals surface area contributed by atoms with Crippen molar-refractivity contribution in [3.8, 4) is 0 Å². The van der Waals surface area contributed by atoms with Crippen LogP contribution >= 0.6 is 11.8 Å². The van der Waals surface area contributed by atoms with Crippen molar-refractivity contribution in [2.45, 2.75) is 32.0 Å². The molecule has 3 nitrogen and oxygen atoms in total. The molecule has 1 saturated heterocycles. The van der Waals surface area contributed by atoms with Gasteiger partial charge in [0.2, 0.25) is 5.91 Å². The second-order valence-electron chi connectivity index (χ2n) is 5.36. The van der Waals surface area contributed by atoms with Gasteiger partial charge in [-0.15, -0.1) is 0 Å². The molecule has 1 N–H and O–H groups in total. The molecule has 1 fully saturated rings. The van der Waals surface area contributed by atoms with Crippen molar-refractivity contribution in [2.24, 2.45) is 0 Å². The highest BCUT2D eigenvalue weighted by molar-refractivity contribution is 7.99. The minimum atomic E-state index is -0.0413. The van der Waals surface area contributed by atoms with Crippen LogP contribution in [0.4, 0.5) is 0 Å². The molecule has 0 spiro atoms. The van der Waals surface area contributed by atoms with Gasteiger partial charge in [-0.05, 0) is 24.5 Å². The molecule has 3 rings (SSSR count). The standard InChI is InChI=1S/C15H20N2OS/c1-11-10-19-7-6-17(11)15(18)14-8-12-4-2-3-5-13(12)9-16-14/h2-5,11,14,16H,6-10H2,1H3/t11?,14-/m0/s1. The summed E-state index contributed by atoms with van der Waals surface area (Å²) in [5.74, 6) is 2.41. The Bertz CT molecular complexity index is 477. The predicted octanol–water partition coefficient (Wildman–Crippen LogP) is 1.66. The molecule has 0 aliphatic carbocycles. The fourth-order valence-corrected chi connectivity index (χ4v) is 3.90. The number of amides is 1. The minimum Gasteiger partial charge on any atom is -0.337 e. The maximum atomic E-state index is 12.6. The van der Waals surface area contributed by atoms with Gasteiger partial charge in [0.1, 0.15) is 0 Å². The summed E-state index contributed by atoms with van der Waals surface area (Å²) in [5.41, 5.74) is 2.65. The van der Waals surface area contributed by atoms with E-state index >= 15 is 0 Å². The summed E-state index contributed by atoms with van der Waals surface area (Å²) in [4.78, 5) is 14.7. The zero-order valence-corrected chi connectivity index (χ0v) is 12.1. The first kappa shape index (κ1) is 13.0. The highest BCUT2D eigenvalue weighted by Crippen LogP contribution is 2.21. The summed E-state index contributed by atoms with van der Waals surface area (Å²) in [6.07, 6.45) is 0.825. The first-order valence-corrected chi connectivity index (χ1v) is 8.09. The first-order valence-electron chi connectivity index (χ1n) is 6.94. The lowest BCUT2D eigenvalue weighted by Crippen LogP contribution is -2.54. The second-order valence-corrected chi connectivity index (χ2v) is 6.51. The largest absolute Gasteiger partial charge is 0.337 e. The molecule has 1 unspecified atom stereocenters. The maximum absolute atomic E-state index is 12.6. The summed E-state index contributed by atoms with van der Waals surface area (Å²) in [6, 6.07) is 8.73. The van der Waals surface area contributed by atoms with E-state index in [4.69, 9.17) is 0 Å². The molecule has 2 aliphatic rings. The molecule has 2 atom stereocenters. The average molecular weight is 276 g/mol. The van der Waals surface area contributed by atoms with Gasteiger partial charge in [-0.25, -0.2) is 0 Å². The zero-order chi connectivity index (χ0) is 13.2. The van der Waals surface area contributed by atoms with E-state index in [0.29, 0.717) is 6.04 Å². The van der Waals surface area contributed by atoms with Crippen LogP contribution in [0.3, 0.4) is 0 Å². The molecular weight excluding hydrogens is 256 g/mol. The normalized spacial score (nSPS) is 26.9. The molecule has 1 aromatic carbocycles. The van der Waals surface area contributed by atoms with Crippen molar-refractivity contribution in [3.63, 3.8) is 0 Å². The van der Waals surface area contributed by atoms with Gasteiger partial charge in [0, 0.05) is 30.6 Å². The van der Waals surface area contributed by atoms with Gasteiger partial charge in [0.05, 0.1) is 6.04 Å². The number of carbonyl (C=O) groups is 1. The Morgan fingerprint density at radius 2 is 2.16 bits per heavy atom. The predicted molar refractivity (Wildman–Crippen MR) is 79.3 cm³/mol. The number of benzene rings is 1. The van der Waals surface area contributed by atoms with Crippen LogP contribution in [0, 0.1) is 0 Å². The average Bonchev–Trinajstić information content (AvgIpc) is 2.46. The fourth-order valence-electron chi connectivity index (χ4n) is 2.88. The van der Waals surface area contributed by atoms with Crippen LogP contribution < -0.4 is 5.32 Å². The number of rotatable bonds is 1. The van der Waals surface area contributed by atoms with Crippen LogP contribution in [0.1, 0.15) is 18.1 Å². The fraction of sp³-hybridized carbons (Fsp3) is 0.533. The first-order chi connectivity index (χ1) is 9.25. The summed E-state index contributed by atoms with van der Waals surface area (Å²) >= 11 is 1.95. The van der Waals surface area contributed by atoms with Crippen LogP contribution in [0.5, 0.6) is 0 Å². The molecule has 4 heteroatoms. The third kappa shape index (κ3) is 2.65. The molecule has 0 bridgehead atoms. The molecule has 0 aromatic heterocycles. The van der Waals surface area contributed by atoms with E-state index in [1.54, 1.807) is 0 Å². The summed E-state index contributed by atoms with van der Waals surface area (Å²) in [6.45, 7) is 3.86. The van der Waals surface area contributed by atoms with E-state index in [0.717, 1.165) is 31.0 Å². The van der Waals surface area contributed by atoms with Crippen LogP contribution in [-0.4, -0.2) is 40.9 Å². The third-order valence-corrected chi connectivity index (χ3v) is 5.22. The van der Waals surface area contributed by atoms with Crippen molar-refractivity contribution >= 4 is 17.7 Å². The molecule has 102 valence electrons. The summed E-state index contributed by atoms with van der Waals surface area (Å²) < 4.78 is 0. The van der Waals surface area contributed by atoms with E-state index in [2.05, 4.69) is 41.4 Å². The zero-order valence-electron chi connectivity index (χ0n) is 11.3. The highest BCUT2D eigenvalue weighted by atomic mass is 32.2. The van der Waals surface area contributed by atoms with Crippen LogP contribution in [0.2, 0.25) is 0 Å². The molecule has 1 aromatic rings. The lowest BCUT2D eigenvalue weighted by molar-refractivity contribution is -0.135. The van der Waals surface area contributed by atoms with Crippen molar-refractivity contribution in [1.82, 2.24) is 10.2 Å². The van der Waals surface area contributed by atoms with E-state index in [-0.39, 0.29) is 11.9 Å². The van der Waals surface area contributed by atoms with Crippen molar-refractivity contribution in [2.75, 3.05) is 18.1 Å². The Kier molecular flexibility index (Phi) is 3.80. The van der Waals surface area contributed by atoms with Crippen molar-refractivity contribution < 1.29 is 4.79 Å².